The van der Waals surface area contributed by atoms with Gasteiger partial charge in [-0.25, -0.2) is 0 Å². The molecule has 0 saturated carbocycles. The zero-order chi connectivity index (χ0) is 21.7. The molecular formula is C28H25N2S+. The van der Waals surface area contributed by atoms with Crippen LogP contribution in [0.4, 0.5) is 0 Å². The van der Waals surface area contributed by atoms with Crippen LogP contribution in [-0.2, 0) is 13.5 Å². The predicted octanol–water partition coefficient (Wildman–Crippen LogP) is 7.08. The minimum absolute atomic E-state index is 0.643. The van der Waals surface area contributed by atoms with Crippen LogP contribution in [0.2, 0.25) is 0 Å². The van der Waals surface area contributed by atoms with Crippen molar-refractivity contribution in [2.24, 2.45) is 13.0 Å². The third-order valence-electron chi connectivity index (χ3n) is 6.16. The van der Waals surface area contributed by atoms with E-state index in [4.69, 9.17) is 0 Å². The van der Waals surface area contributed by atoms with Crippen molar-refractivity contribution >= 4 is 42.3 Å². The number of aromatic nitrogens is 1. The Morgan fingerprint density at radius 1 is 0.968 bits per heavy atom. The van der Waals surface area contributed by atoms with E-state index in [1.165, 1.54) is 37.0 Å². The molecule has 0 aliphatic carbocycles. The Balaban J connectivity index is 1.84. The minimum atomic E-state index is 0.643. The van der Waals surface area contributed by atoms with E-state index in [2.05, 4.69) is 87.1 Å². The molecule has 3 heteroatoms. The van der Waals surface area contributed by atoms with Crippen LogP contribution < -0.4 is 4.57 Å². The summed E-state index contributed by atoms with van der Waals surface area (Å²) in [5.41, 5.74) is 5.67. The average molecular weight is 422 g/mol. The molecule has 0 aliphatic heterocycles. The van der Waals surface area contributed by atoms with Crippen molar-refractivity contribution < 1.29 is 4.57 Å². The standard InChI is InChI=1S/C28H25N2S/c1-17(2)13-19-9-10-23-24-11-12-30(4)27(28(24)31-26(23)14-19)25-15-20(16-29)22-8-6-5-7-21(22)18(25)3/h5-12,14-15,17H,13H2,1-4H3/q+1. The monoisotopic (exact) mass is 421 g/mol. The van der Waals surface area contributed by atoms with Crippen molar-refractivity contribution in [2.45, 2.75) is 27.2 Å². The summed E-state index contributed by atoms with van der Waals surface area (Å²) in [7, 11) is 2.10. The Labute approximate surface area is 187 Å². The number of hydrogen-bond acceptors (Lipinski definition) is 2. The van der Waals surface area contributed by atoms with Gasteiger partial charge in [-0.1, -0.05) is 50.2 Å². The fourth-order valence-electron chi connectivity index (χ4n) is 4.69. The summed E-state index contributed by atoms with van der Waals surface area (Å²) in [5, 5.41) is 14.6. The van der Waals surface area contributed by atoms with E-state index in [0.717, 1.165) is 28.3 Å². The average Bonchev–Trinajstić information content (AvgIpc) is 3.12. The van der Waals surface area contributed by atoms with Gasteiger partial charge in [-0.2, -0.15) is 9.83 Å². The first kappa shape index (κ1) is 19.7. The maximum Gasteiger partial charge on any atom is 0.230 e. The van der Waals surface area contributed by atoms with E-state index >= 15 is 0 Å². The van der Waals surface area contributed by atoms with E-state index in [0.29, 0.717) is 5.92 Å². The highest BCUT2D eigenvalue weighted by Gasteiger charge is 2.23. The van der Waals surface area contributed by atoms with E-state index in [1.54, 1.807) is 0 Å². The first-order chi connectivity index (χ1) is 15.0. The van der Waals surface area contributed by atoms with Gasteiger partial charge < -0.3 is 0 Å². The van der Waals surface area contributed by atoms with Gasteiger partial charge in [-0.15, -0.1) is 11.3 Å². The smallest absolute Gasteiger partial charge is 0.200 e. The van der Waals surface area contributed by atoms with Crippen molar-refractivity contribution in [3.05, 3.63) is 77.5 Å². The number of thiophene rings is 1. The summed E-state index contributed by atoms with van der Waals surface area (Å²) >= 11 is 1.86. The van der Waals surface area contributed by atoms with Crippen LogP contribution in [0.25, 0.3) is 42.2 Å². The Morgan fingerprint density at radius 3 is 2.48 bits per heavy atom. The molecule has 3 aromatic carbocycles. The van der Waals surface area contributed by atoms with Gasteiger partial charge in [0.1, 0.15) is 11.7 Å². The maximum absolute atomic E-state index is 9.84. The lowest BCUT2D eigenvalue weighted by Crippen LogP contribution is -2.30. The molecule has 0 amide bonds. The molecule has 0 aliphatic rings. The van der Waals surface area contributed by atoms with Gasteiger partial charge in [0.25, 0.3) is 0 Å². The molecule has 0 spiro atoms. The van der Waals surface area contributed by atoms with E-state index in [-0.39, 0.29) is 0 Å². The molecule has 0 N–H and O–H groups in total. The second kappa shape index (κ2) is 7.48. The largest absolute Gasteiger partial charge is 0.230 e. The summed E-state index contributed by atoms with van der Waals surface area (Å²) in [6, 6.07) is 21.9. The Kier molecular flexibility index (Phi) is 4.76. The molecule has 31 heavy (non-hydrogen) atoms. The maximum atomic E-state index is 9.84. The third-order valence-corrected chi connectivity index (χ3v) is 7.33. The molecular weight excluding hydrogens is 396 g/mol. The third kappa shape index (κ3) is 3.19. The van der Waals surface area contributed by atoms with Gasteiger partial charge in [-0.3, -0.25) is 0 Å². The van der Waals surface area contributed by atoms with Crippen molar-refractivity contribution in [2.75, 3.05) is 0 Å². The molecule has 0 unspecified atom stereocenters. The Bertz CT molecular complexity index is 1520. The number of nitrogens with zero attached hydrogens (tertiary/aromatic N) is 2. The van der Waals surface area contributed by atoms with E-state index in [9.17, 15) is 5.26 Å². The molecule has 0 bridgehead atoms. The number of fused-ring (bicyclic) bond motifs is 4. The molecule has 5 rings (SSSR count). The molecule has 0 radical (unpaired) electrons. The summed E-state index contributed by atoms with van der Waals surface area (Å²) in [4.78, 5) is 0. The SMILES string of the molecule is Cc1c(-c2c3sc4cc(CC(C)C)ccc4c3cc[n+]2C)cc(C#N)c2ccccc12. The second-order valence-corrected chi connectivity index (χ2v) is 9.85. The quantitative estimate of drug-likeness (QED) is 0.286. The number of aryl methyl sites for hydroxylation is 2. The van der Waals surface area contributed by atoms with Crippen LogP contribution in [0.5, 0.6) is 0 Å². The lowest BCUT2D eigenvalue weighted by atomic mass is 9.93. The van der Waals surface area contributed by atoms with Gasteiger partial charge in [-0.05, 0) is 53.3 Å². The predicted molar refractivity (Wildman–Crippen MR) is 131 cm³/mol. The summed E-state index contributed by atoms with van der Waals surface area (Å²) in [6.07, 6.45) is 3.24. The Morgan fingerprint density at radius 2 is 1.74 bits per heavy atom. The van der Waals surface area contributed by atoms with Gasteiger partial charge in [0, 0.05) is 21.5 Å². The lowest BCUT2D eigenvalue weighted by molar-refractivity contribution is -0.659. The van der Waals surface area contributed by atoms with Crippen LogP contribution in [0, 0.1) is 24.2 Å². The molecule has 0 atom stereocenters. The van der Waals surface area contributed by atoms with E-state index in [1.807, 2.05) is 23.5 Å². The molecule has 2 aromatic heterocycles. The Hall–Kier alpha value is -3.22. The van der Waals surface area contributed by atoms with Crippen molar-refractivity contribution in [1.29, 1.82) is 5.26 Å². The molecule has 152 valence electrons. The van der Waals surface area contributed by atoms with Gasteiger partial charge in [0.2, 0.25) is 5.69 Å². The molecule has 2 heterocycles. The fourth-order valence-corrected chi connectivity index (χ4v) is 6.05. The fraction of sp³-hybridized carbons (Fsp3) is 0.214. The summed E-state index contributed by atoms with van der Waals surface area (Å²) < 4.78 is 4.81. The van der Waals surface area contributed by atoms with Crippen molar-refractivity contribution in [3.63, 3.8) is 0 Å². The topological polar surface area (TPSA) is 27.7 Å². The number of pyridine rings is 1. The molecule has 0 saturated heterocycles. The molecule has 0 fully saturated rings. The number of rotatable bonds is 3. The molecule has 2 nitrogen and oxygen atoms in total. The van der Waals surface area contributed by atoms with Gasteiger partial charge >= 0.3 is 0 Å². The normalized spacial score (nSPS) is 11.6. The van der Waals surface area contributed by atoms with Crippen LogP contribution in [-0.4, -0.2) is 0 Å². The van der Waals surface area contributed by atoms with Crippen molar-refractivity contribution in [1.82, 2.24) is 0 Å². The lowest BCUT2D eigenvalue weighted by Gasteiger charge is -2.10. The van der Waals surface area contributed by atoms with Gasteiger partial charge in [0.05, 0.1) is 17.2 Å². The number of hydrogen-bond donors (Lipinski definition) is 0. The number of benzene rings is 3. The summed E-state index contributed by atoms with van der Waals surface area (Å²) in [6.45, 7) is 6.71. The van der Waals surface area contributed by atoms with Crippen molar-refractivity contribution in [3.8, 4) is 17.3 Å². The van der Waals surface area contributed by atoms with E-state index < -0.39 is 0 Å². The summed E-state index contributed by atoms with van der Waals surface area (Å²) in [5.74, 6) is 0.643. The van der Waals surface area contributed by atoms with Gasteiger partial charge in [0.15, 0.2) is 6.20 Å². The highest BCUT2D eigenvalue weighted by molar-refractivity contribution is 7.26. The van der Waals surface area contributed by atoms with Crippen LogP contribution in [0.3, 0.4) is 0 Å². The van der Waals surface area contributed by atoms with Crippen LogP contribution in [0.1, 0.15) is 30.5 Å². The first-order valence-corrected chi connectivity index (χ1v) is 11.6. The molecule has 5 aromatic rings. The second-order valence-electron chi connectivity index (χ2n) is 8.80. The van der Waals surface area contributed by atoms with Crippen LogP contribution in [0.15, 0.2) is 60.8 Å². The highest BCUT2D eigenvalue weighted by atomic mass is 32.1. The number of nitriles is 1. The minimum Gasteiger partial charge on any atom is -0.200 e. The zero-order valence-electron chi connectivity index (χ0n) is 18.4. The highest BCUT2D eigenvalue weighted by Crippen LogP contribution is 2.41. The zero-order valence-corrected chi connectivity index (χ0v) is 19.2. The first-order valence-electron chi connectivity index (χ1n) is 10.7. The van der Waals surface area contributed by atoms with Crippen LogP contribution >= 0.6 is 11.3 Å².